The van der Waals surface area contributed by atoms with Gasteiger partial charge in [-0.15, -0.1) is 12.1 Å². The number of methoxy groups -OCH3 is 2. The Morgan fingerprint density at radius 3 is 1.52 bits per heavy atom. The minimum Gasteiger partial charge on any atom is -1.00 e. The summed E-state index contributed by atoms with van der Waals surface area (Å²) < 4.78 is 16.3. The van der Waals surface area contributed by atoms with Crippen molar-refractivity contribution >= 4 is 62.0 Å². The van der Waals surface area contributed by atoms with Gasteiger partial charge in [-0.25, -0.2) is 0 Å². The van der Waals surface area contributed by atoms with E-state index in [1.165, 1.54) is 28.4 Å². The van der Waals surface area contributed by atoms with Gasteiger partial charge in [0.15, 0.2) is 0 Å². The summed E-state index contributed by atoms with van der Waals surface area (Å²) >= 11 is 3.49. The quantitative estimate of drug-likeness (QED) is 0.423. The maximum atomic E-state index is 5.11. The Bertz CT molecular complexity index is 654. The van der Waals surface area contributed by atoms with Crippen LogP contribution >= 0.6 is 15.9 Å². The van der Waals surface area contributed by atoms with Crippen LogP contribution < -0.4 is 26.5 Å². The first kappa shape index (κ1) is 34.1. The van der Waals surface area contributed by atoms with Crippen LogP contribution in [0.1, 0.15) is 37.9 Å². The van der Waals surface area contributed by atoms with Gasteiger partial charge >= 0.3 is 46.1 Å². The van der Waals surface area contributed by atoms with Crippen molar-refractivity contribution in [2.24, 2.45) is 0 Å². The van der Waals surface area contributed by atoms with Crippen molar-refractivity contribution in [3.8, 4) is 11.5 Å². The van der Waals surface area contributed by atoms with Crippen LogP contribution in [0.3, 0.4) is 0 Å². The topological polar surface area (TPSA) is 27.7 Å². The smallest absolute Gasteiger partial charge is 1.00 e. The van der Waals surface area contributed by atoms with Gasteiger partial charge in [-0.05, 0) is 49.9 Å². The van der Waals surface area contributed by atoms with Crippen LogP contribution in [0.15, 0.2) is 28.7 Å². The van der Waals surface area contributed by atoms with E-state index in [1.807, 2.05) is 38.1 Å². The van der Waals surface area contributed by atoms with Gasteiger partial charge in [0.1, 0.15) is 5.75 Å². The zero-order valence-corrected chi connectivity index (χ0v) is 24.5. The fraction of sp³-hybridized carbons (Fsp3) is 0.455. The van der Waals surface area contributed by atoms with Crippen LogP contribution in [-0.2, 0) is 4.74 Å². The first-order chi connectivity index (χ1) is 12.4. The standard InChI is InChI=1S/C9H11BrO.C9H11O.C4H8O.BrH.2Mg.2H/c1-6-4-8(11-3)5-7(2)9(6)10;1-7-4-8(2)6-9(5-7)10-3;1-2-4-5-3-1;;;;;/h4-5H,1-3H3;5-6H,1-3H3;1-4H2;1H;;;;/q;-1;;;2*+2;2*-1/p-1. The van der Waals surface area contributed by atoms with Crippen LogP contribution in [0, 0.1) is 33.8 Å². The molecule has 29 heavy (non-hydrogen) atoms. The fourth-order valence-corrected chi connectivity index (χ4v) is 2.73. The Morgan fingerprint density at radius 1 is 0.828 bits per heavy atom. The molecule has 0 saturated carbocycles. The summed E-state index contributed by atoms with van der Waals surface area (Å²) in [5, 5.41) is 0. The van der Waals surface area contributed by atoms with E-state index >= 15 is 0 Å². The van der Waals surface area contributed by atoms with Gasteiger partial charge in [0.2, 0.25) is 0 Å². The van der Waals surface area contributed by atoms with Gasteiger partial charge in [0, 0.05) is 23.4 Å². The molecule has 1 aliphatic rings. The second-order valence-corrected chi connectivity index (χ2v) is 7.07. The number of benzene rings is 2. The van der Waals surface area contributed by atoms with E-state index in [0.717, 1.165) is 35.8 Å². The Balaban J connectivity index is -0.000000106. The van der Waals surface area contributed by atoms with Gasteiger partial charge in [-0.3, -0.25) is 0 Å². The Morgan fingerprint density at radius 2 is 1.21 bits per heavy atom. The van der Waals surface area contributed by atoms with Crippen LogP contribution in [0.5, 0.6) is 11.5 Å². The van der Waals surface area contributed by atoms with E-state index in [1.54, 1.807) is 14.2 Å². The van der Waals surface area contributed by atoms with Crippen LogP contribution in [0.25, 0.3) is 0 Å². The Hall–Kier alpha value is 0.492. The van der Waals surface area contributed by atoms with Crippen molar-refractivity contribution in [1.82, 2.24) is 0 Å². The number of halogens is 2. The molecule has 0 spiro atoms. The molecule has 0 atom stereocenters. The second-order valence-electron chi connectivity index (χ2n) is 6.28. The Kier molecular flexibility index (Phi) is 22.6. The molecule has 0 unspecified atom stereocenters. The van der Waals surface area contributed by atoms with Crippen molar-refractivity contribution in [1.29, 1.82) is 0 Å². The van der Waals surface area contributed by atoms with Gasteiger partial charge in [0.25, 0.3) is 0 Å². The van der Waals surface area contributed by atoms with E-state index in [0.29, 0.717) is 0 Å². The minimum atomic E-state index is 0. The molecule has 2 aromatic rings. The third kappa shape index (κ3) is 14.2. The zero-order valence-electron chi connectivity index (χ0n) is 20.5. The molecule has 0 bridgehead atoms. The third-order valence-electron chi connectivity index (χ3n) is 3.82. The van der Waals surface area contributed by atoms with Crippen LogP contribution in [0.4, 0.5) is 0 Å². The minimum absolute atomic E-state index is 0. The van der Waals surface area contributed by atoms with E-state index in [2.05, 4.69) is 35.8 Å². The summed E-state index contributed by atoms with van der Waals surface area (Å²) in [6.45, 7) is 10.1. The average Bonchev–Trinajstić information content (AvgIpc) is 3.18. The normalized spacial score (nSPS) is 11.1. The summed E-state index contributed by atoms with van der Waals surface area (Å²) in [5.41, 5.74) is 4.66. The average molecular weight is 553 g/mol. The van der Waals surface area contributed by atoms with Gasteiger partial charge < -0.3 is 34.0 Å². The van der Waals surface area contributed by atoms with Crippen LogP contribution in [0.2, 0.25) is 0 Å². The molecule has 0 radical (unpaired) electrons. The SMILES string of the molecule is C1CCOC1.COc1cc(C)[c-]c(C)c1.COc1cc(C)c(Br)c(C)c1.[Br-].[H-].[H-].[Mg+2].[Mg+2]. The largest absolute Gasteiger partial charge is 2.00 e. The molecule has 1 fully saturated rings. The van der Waals surface area contributed by atoms with E-state index in [-0.39, 0.29) is 65.9 Å². The van der Waals surface area contributed by atoms with Gasteiger partial charge in [-0.1, -0.05) is 29.8 Å². The predicted octanol–water partition coefficient (Wildman–Crippen LogP) is 2.45. The first-order valence-corrected chi connectivity index (χ1v) is 9.59. The fourth-order valence-electron chi connectivity index (χ4n) is 2.50. The molecule has 0 amide bonds. The second kappa shape index (κ2) is 19.2. The summed E-state index contributed by atoms with van der Waals surface area (Å²) in [5.74, 6) is 1.83. The Labute approximate surface area is 230 Å². The monoisotopic (exact) mass is 550 g/mol. The summed E-state index contributed by atoms with van der Waals surface area (Å²) in [6.07, 6.45) is 2.56. The summed E-state index contributed by atoms with van der Waals surface area (Å²) in [7, 11) is 3.36. The maximum absolute atomic E-state index is 5.11. The number of ether oxygens (including phenoxy) is 3. The molecule has 1 aliphatic heterocycles. The predicted molar refractivity (Wildman–Crippen MR) is 125 cm³/mol. The molecule has 3 rings (SSSR count). The van der Waals surface area contributed by atoms with Crippen molar-refractivity contribution in [3.63, 3.8) is 0 Å². The molecular weight excluding hydrogens is 521 g/mol. The molecule has 0 aromatic heterocycles. The van der Waals surface area contributed by atoms with E-state index in [9.17, 15) is 0 Å². The van der Waals surface area contributed by atoms with Crippen molar-refractivity contribution in [2.75, 3.05) is 27.4 Å². The first-order valence-electron chi connectivity index (χ1n) is 8.80. The maximum Gasteiger partial charge on any atom is 2.00 e. The van der Waals surface area contributed by atoms with E-state index in [4.69, 9.17) is 14.2 Å². The number of hydrogen-bond acceptors (Lipinski definition) is 3. The molecular formula is C22H32Br2Mg2O3. The third-order valence-corrected chi connectivity index (χ3v) is 5.07. The molecule has 7 heteroatoms. The molecule has 3 nitrogen and oxygen atoms in total. The van der Waals surface area contributed by atoms with Crippen LogP contribution in [-0.4, -0.2) is 73.5 Å². The molecule has 0 N–H and O–H groups in total. The van der Waals surface area contributed by atoms with E-state index < -0.39 is 0 Å². The number of rotatable bonds is 2. The van der Waals surface area contributed by atoms with Gasteiger partial charge in [-0.2, -0.15) is 17.2 Å². The van der Waals surface area contributed by atoms with Crippen molar-refractivity contribution in [3.05, 3.63) is 57.1 Å². The summed E-state index contributed by atoms with van der Waals surface area (Å²) in [4.78, 5) is 0. The van der Waals surface area contributed by atoms with Crippen molar-refractivity contribution in [2.45, 2.75) is 40.5 Å². The summed E-state index contributed by atoms with van der Waals surface area (Å²) in [6, 6.07) is 11.1. The van der Waals surface area contributed by atoms with Gasteiger partial charge in [0.05, 0.1) is 14.2 Å². The molecule has 156 valence electrons. The molecule has 1 saturated heterocycles. The molecule has 0 aliphatic carbocycles. The zero-order chi connectivity index (χ0) is 19.5. The molecule has 2 aromatic carbocycles. The number of hydrogen-bond donors (Lipinski definition) is 0. The molecule has 1 heterocycles. The van der Waals surface area contributed by atoms with Crippen molar-refractivity contribution < 1.29 is 34.0 Å². The number of aryl methyl sites for hydroxylation is 4.